The standard InChI is InChI=1S/C15H21NO4/c1-3-9-16(10-11-17)15(18)12-20-14-7-5-13(6-8-14)19-4-2/h3,5-8,17H,1,4,9-12H2,2H3. The van der Waals surface area contributed by atoms with E-state index in [9.17, 15) is 4.79 Å². The Hall–Kier alpha value is -2.01. The number of hydrogen-bond acceptors (Lipinski definition) is 4. The molecular formula is C15H21NO4. The lowest BCUT2D eigenvalue weighted by Crippen LogP contribution is -2.37. The topological polar surface area (TPSA) is 59.0 Å². The molecule has 0 aliphatic carbocycles. The molecule has 0 unspecified atom stereocenters. The first-order valence-electron chi connectivity index (χ1n) is 6.56. The fourth-order valence-electron chi connectivity index (χ4n) is 1.63. The molecule has 110 valence electrons. The summed E-state index contributed by atoms with van der Waals surface area (Å²) in [6, 6.07) is 7.08. The fraction of sp³-hybridized carbons (Fsp3) is 0.400. The average molecular weight is 279 g/mol. The van der Waals surface area contributed by atoms with E-state index >= 15 is 0 Å². The van der Waals surface area contributed by atoms with Crippen molar-refractivity contribution >= 4 is 5.91 Å². The van der Waals surface area contributed by atoms with Crippen molar-refractivity contribution in [2.45, 2.75) is 6.92 Å². The van der Waals surface area contributed by atoms with Gasteiger partial charge in [0.2, 0.25) is 0 Å². The molecule has 5 nitrogen and oxygen atoms in total. The van der Waals surface area contributed by atoms with E-state index in [1.807, 2.05) is 6.92 Å². The summed E-state index contributed by atoms with van der Waals surface area (Å²) < 4.78 is 10.7. The van der Waals surface area contributed by atoms with Gasteiger partial charge in [0.1, 0.15) is 11.5 Å². The lowest BCUT2D eigenvalue weighted by atomic mass is 10.3. The van der Waals surface area contributed by atoms with Crippen LogP contribution in [-0.2, 0) is 4.79 Å². The summed E-state index contributed by atoms with van der Waals surface area (Å²) in [5.74, 6) is 1.18. The molecule has 1 amide bonds. The lowest BCUT2D eigenvalue weighted by molar-refractivity contribution is -0.133. The Balaban J connectivity index is 2.48. The zero-order valence-corrected chi connectivity index (χ0v) is 11.7. The molecule has 0 spiro atoms. The Morgan fingerprint density at radius 1 is 1.30 bits per heavy atom. The van der Waals surface area contributed by atoms with Crippen LogP contribution >= 0.6 is 0 Å². The van der Waals surface area contributed by atoms with Crippen LogP contribution in [0.5, 0.6) is 11.5 Å². The van der Waals surface area contributed by atoms with E-state index in [0.29, 0.717) is 18.9 Å². The quantitative estimate of drug-likeness (QED) is 0.695. The van der Waals surface area contributed by atoms with Gasteiger partial charge in [-0.05, 0) is 31.2 Å². The van der Waals surface area contributed by atoms with Crippen LogP contribution in [0.15, 0.2) is 36.9 Å². The Morgan fingerprint density at radius 3 is 2.40 bits per heavy atom. The number of hydrogen-bond donors (Lipinski definition) is 1. The summed E-state index contributed by atoms with van der Waals surface area (Å²) in [4.78, 5) is 13.4. The van der Waals surface area contributed by atoms with E-state index in [0.717, 1.165) is 5.75 Å². The van der Waals surface area contributed by atoms with Crippen molar-refractivity contribution in [3.63, 3.8) is 0 Å². The van der Waals surface area contributed by atoms with Crippen molar-refractivity contribution in [3.8, 4) is 11.5 Å². The molecule has 1 rings (SSSR count). The maximum absolute atomic E-state index is 11.9. The number of aliphatic hydroxyl groups excluding tert-OH is 1. The molecule has 0 aliphatic heterocycles. The van der Waals surface area contributed by atoms with Crippen LogP contribution in [0.25, 0.3) is 0 Å². The van der Waals surface area contributed by atoms with Gasteiger partial charge in [-0.2, -0.15) is 0 Å². The van der Waals surface area contributed by atoms with Crippen LogP contribution in [0.2, 0.25) is 0 Å². The lowest BCUT2D eigenvalue weighted by Gasteiger charge is -2.20. The zero-order valence-electron chi connectivity index (χ0n) is 11.7. The van der Waals surface area contributed by atoms with Crippen LogP contribution in [0, 0.1) is 0 Å². The number of rotatable bonds is 9. The minimum atomic E-state index is -0.187. The largest absolute Gasteiger partial charge is 0.494 e. The monoisotopic (exact) mass is 279 g/mol. The van der Waals surface area contributed by atoms with Gasteiger partial charge in [0, 0.05) is 13.1 Å². The van der Waals surface area contributed by atoms with Crippen LogP contribution in [-0.4, -0.2) is 48.8 Å². The van der Waals surface area contributed by atoms with Crippen LogP contribution in [0.4, 0.5) is 0 Å². The van der Waals surface area contributed by atoms with Crippen molar-refractivity contribution in [1.82, 2.24) is 4.90 Å². The summed E-state index contributed by atoms with van der Waals surface area (Å²) in [5.41, 5.74) is 0. The molecule has 1 aromatic carbocycles. The number of nitrogens with zero attached hydrogens (tertiary/aromatic N) is 1. The van der Waals surface area contributed by atoms with Gasteiger partial charge in [-0.25, -0.2) is 0 Å². The van der Waals surface area contributed by atoms with Gasteiger partial charge < -0.3 is 19.5 Å². The molecule has 0 atom stereocenters. The predicted molar refractivity (Wildman–Crippen MR) is 77.0 cm³/mol. The van der Waals surface area contributed by atoms with Gasteiger partial charge in [-0.1, -0.05) is 6.08 Å². The second kappa shape index (κ2) is 8.98. The molecular weight excluding hydrogens is 258 g/mol. The van der Waals surface area contributed by atoms with Crippen LogP contribution < -0.4 is 9.47 Å². The normalized spacial score (nSPS) is 9.90. The van der Waals surface area contributed by atoms with Gasteiger partial charge in [0.05, 0.1) is 13.2 Å². The highest BCUT2D eigenvalue weighted by molar-refractivity contribution is 5.77. The maximum Gasteiger partial charge on any atom is 0.260 e. The molecule has 0 fully saturated rings. The van der Waals surface area contributed by atoms with Gasteiger partial charge >= 0.3 is 0 Å². The molecule has 0 saturated heterocycles. The SMILES string of the molecule is C=CCN(CCO)C(=O)COc1ccc(OCC)cc1. The average Bonchev–Trinajstić information content (AvgIpc) is 2.46. The van der Waals surface area contributed by atoms with Crippen molar-refractivity contribution in [3.05, 3.63) is 36.9 Å². The summed E-state index contributed by atoms with van der Waals surface area (Å²) in [7, 11) is 0. The third-order valence-corrected chi connectivity index (χ3v) is 2.57. The molecule has 0 radical (unpaired) electrons. The number of aliphatic hydroxyl groups is 1. The minimum Gasteiger partial charge on any atom is -0.494 e. The van der Waals surface area contributed by atoms with Crippen molar-refractivity contribution in [1.29, 1.82) is 0 Å². The second-order valence-electron chi connectivity index (χ2n) is 4.05. The molecule has 0 aliphatic rings. The molecule has 5 heteroatoms. The third kappa shape index (κ3) is 5.32. The summed E-state index contributed by atoms with van der Waals surface area (Å²) in [6.45, 7) is 6.62. The first-order chi connectivity index (χ1) is 9.71. The Labute approximate surface area is 119 Å². The molecule has 1 aromatic rings. The summed E-state index contributed by atoms with van der Waals surface area (Å²) >= 11 is 0. The van der Waals surface area contributed by atoms with Crippen molar-refractivity contribution in [2.75, 3.05) is 32.9 Å². The van der Waals surface area contributed by atoms with Gasteiger partial charge in [-0.15, -0.1) is 6.58 Å². The first kappa shape index (κ1) is 16.0. The Morgan fingerprint density at radius 2 is 1.90 bits per heavy atom. The fourth-order valence-corrected chi connectivity index (χ4v) is 1.63. The summed E-state index contributed by atoms with van der Waals surface area (Å²) in [6.07, 6.45) is 1.62. The van der Waals surface area contributed by atoms with Crippen molar-refractivity contribution < 1.29 is 19.4 Å². The molecule has 0 heterocycles. The minimum absolute atomic E-state index is 0.0676. The van der Waals surface area contributed by atoms with Crippen molar-refractivity contribution in [2.24, 2.45) is 0 Å². The maximum atomic E-state index is 11.9. The number of carbonyl (C=O) groups is 1. The number of carbonyl (C=O) groups excluding carboxylic acids is 1. The van der Waals surface area contributed by atoms with Gasteiger partial charge in [-0.3, -0.25) is 4.79 Å². The van der Waals surface area contributed by atoms with E-state index in [2.05, 4.69) is 6.58 Å². The van der Waals surface area contributed by atoms with Gasteiger partial charge in [0.15, 0.2) is 6.61 Å². The molecule has 20 heavy (non-hydrogen) atoms. The Kier molecular flexibility index (Phi) is 7.21. The smallest absolute Gasteiger partial charge is 0.260 e. The molecule has 0 saturated carbocycles. The highest BCUT2D eigenvalue weighted by Crippen LogP contribution is 2.17. The number of benzene rings is 1. The number of ether oxygens (including phenoxy) is 2. The van der Waals surface area contributed by atoms with E-state index in [4.69, 9.17) is 14.6 Å². The van der Waals surface area contributed by atoms with E-state index < -0.39 is 0 Å². The van der Waals surface area contributed by atoms with E-state index in [1.54, 1.807) is 30.3 Å². The Bertz CT molecular complexity index is 416. The van der Waals surface area contributed by atoms with Gasteiger partial charge in [0.25, 0.3) is 5.91 Å². The first-order valence-corrected chi connectivity index (χ1v) is 6.56. The van der Waals surface area contributed by atoms with E-state index in [-0.39, 0.29) is 25.7 Å². The predicted octanol–water partition coefficient (Wildman–Crippen LogP) is 1.47. The summed E-state index contributed by atoms with van der Waals surface area (Å²) in [5, 5.41) is 8.90. The third-order valence-electron chi connectivity index (χ3n) is 2.57. The highest BCUT2D eigenvalue weighted by Gasteiger charge is 2.12. The second-order valence-corrected chi connectivity index (χ2v) is 4.05. The number of amides is 1. The zero-order chi connectivity index (χ0) is 14.8. The molecule has 0 bridgehead atoms. The van der Waals surface area contributed by atoms with Crippen LogP contribution in [0.1, 0.15) is 6.92 Å². The van der Waals surface area contributed by atoms with Crippen LogP contribution in [0.3, 0.4) is 0 Å². The van der Waals surface area contributed by atoms with E-state index in [1.165, 1.54) is 4.90 Å². The highest BCUT2D eigenvalue weighted by atomic mass is 16.5. The molecule has 1 N–H and O–H groups in total. The molecule has 0 aromatic heterocycles.